The van der Waals surface area contributed by atoms with Crippen LogP contribution in [0.25, 0.3) is 0 Å². The molecule has 0 radical (unpaired) electrons. The summed E-state index contributed by atoms with van der Waals surface area (Å²) in [6, 6.07) is 4.66. The summed E-state index contributed by atoms with van der Waals surface area (Å²) in [6.45, 7) is 3.78. The van der Waals surface area contributed by atoms with Gasteiger partial charge in [-0.2, -0.15) is 0 Å². The van der Waals surface area contributed by atoms with Crippen LogP contribution in [0.15, 0.2) is 18.2 Å². The topological polar surface area (TPSA) is 49.8 Å². The maximum atomic E-state index is 10.8. The van der Waals surface area contributed by atoms with E-state index in [1.54, 1.807) is 12.1 Å². The summed E-state index contributed by atoms with van der Waals surface area (Å²) in [6.07, 6.45) is 2.53. The number of rotatable bonds is 5. The van der Waals surface area contributed by atoms with Gasteiger partial charge < -0.3 is 9.84 Å². The van der Waals surface area contributed by atoms with Crippen molar-refractivity contribution in [2.45, 2.75) is 12.8 Å². The number of hydrogen-bond acceptors (Lipinski definition) is 3. The fourth-order valence-electron chi connectivity index (χ4n) is 2.06. The van der Waals surface area contributed by atoms with Gasteiger partial charge in [0.2, 0.25) is 0 Å². The molecule has 4 nitrogen and oxygen atoms in total. The summed E-state index contributed by atoms with van der Waals surface area (Å²) >= 11 is 5.86. The second-order valence-electron chi connectivity index (χ2n) is 4.34. The number of aromatic carboxylic acids is 1. The Morgan fingerprint density at radius 2 is 2.11 bits per heavy atom. The van der Waals surface area contributed by atoms with Gasteiger partial charge >= 0.3 is 5.97 Å². The van der Waals surface area contributed by atoms with E-state index >= 15 is 0 Å². The standard InChI is InChI=1S/C13H16ClNO3/c14-12-9-10(3-4-11(12)13(16)17)18-8-7-15-5-1-2-6-15/h3-4,9H,1-2,5-8H2,(H,16,17). The number of ether oxygens (including phenoxy) is 1. The fraction of sp³-hybridized carbons (Fsp3) is 0.462. The number of nitrogens with zero attached hydrogens (tertiary/aromatic N) is 1. The lowest BCUT2D eigenvalue weighted by molar-refractivity contribution is 0.0697. The van der Waals surface area contributed by atoms with Gasteiger partial charge in [0.15, 0.2) is 0 Å². The predicted molar refractivity (Wildman–Crippen MR) is 69.6 cm³/mol. The molecule has 0 atom stereocenters. The Balaban J connectivity index is 1.85. The van der Waals surface area contributed by atoms with Crippen molar-refractivity contribution >= 4 is 17.6 Å². The number of carbonyl (C=O) groups is 1. The molecule has 18 heavy (non-hydrogen) atoms. The summed E-state index contributed by atoms with van der Waals surface area (Å²) in [5.41, 5.74) is 0.101. The lowest BCUT2D eigenvalue weighted by Crippen LogP contribution is -2.25. The molecule has 2 rings (SSSR count). The molecule has 0 saturated carbocycles. The summed E-state index contributed by atoms with van der Waals surface area (Å²) in [4.78, 5) is 13.1. The molecule has 5 heteroatoms. The normalized spacial score (nSPS) is 15.8. The number of carboxylic acids is 1. The zero-order valence-corrected chi connectivity index (χ0v) is 10.8. The molecule has 1 fully saturated rings. The van der Waals surface area contributed by atoms with E-state index in [9.17, 15) is 4.79 Å². The minimum atomic E-state index is -1.02. The highest BCUT2D eigenvalue weighted by atomic mass is 35.5. The third-order valence-corrected chi connectivity index (χ3v) is 3.36. The largest absolute Gasteiger partial charge is 0.492 e. The van der Waals surface area contributed by atoms with Crippen molar-refractivity contribution in [2.75, 3.05) is 26.2 Å². The quantitative estimate of drug-likeness (QED) is 0.892. The first kappa shape index (κ1) is 13.2. The van der Waals surface area contributed by atoms with Crippen LogP contribution in [0.2, 0.25) is 5.02 Å². The van der Waals surface area contributed by atoms with Crippen molar-refractivity contribution < 1.29 is 14.6 Å². The van der Waals surface area contributed by atoms with E-state index in [-0.39, 0.29) is 10.6 Å². The van der Waals surface area contributed by atoms with Crippen LogP contribution >= 0.6 is 11.6 Å². The average Bonchev–Trinajstić information content (AvgIpc) is 2.81. The van der Waals surface area contributed by atoms with E-state index in [1.807, 2.05) is 0 Å². The zero-order valence-electron chi connectivity index (χ0n) is 10.1. The van der Waals surface area contributed by atoms with Crippen LogP contribution in [0.5, 0.6) is 5.75 Å². The minimum absolute atomic E-state index is 0.101. The highest BCUT2D eigenvalue weighted by Gasteiger charge is 2.12. The smallest absolute Gasteiger partial charge is 0.337 e. The van der Waals surface area contributed by atoms with Gasteiger partial charge in [0.05, 0.1) is 10.6 Å². The number of benzene rings is 1. The molecular formula is C13H16ClNO3. The van der Waals surface area contributed by atoms with Gasteiger partial charge in [0.25, 0.3) is 0 Å². The van der Waals surface area contributed by atoms with Crippen LogP contribution in [0.1, 0.15) is 23.2 Å². The van der Waals surface area contributed by atoms with Gasteiger partial charge in [0, 0.05) is 6.54 Å². The number of hydrogen-bond donors (Lipinski definition) is 1. The Morgan fingerprint density at radius 1 is 1.39 bits per heavy atom. The lowest BCUT2D eigenvalue weighted by atomic mass is 10.2. The first-order valence-corrected chi connectivity index (χ1v) is 6.42. The zero-order chi connectivity index (χ0) is 13.0. The van der Waals surface area contributed by atoms with Gasteiger partial charge in [-0.05, 0) is 44.1 Å². The second-order valence-corrected chi connectivity index (χ2v) is 4.75. The Bertz CT molecular complexity index is 430. The van der Waals surface area contributed by atoms with Crippen LogP contribution < -0.4 is 4.74 Å². The van der Waals surface area contributed by atoms with E-state index in [4.69, 9.17) is 21.4 Å². The van der Waals surface area contributed by atoms with Crippen LogP contribution in [-0.2, 0) is 0 Å². The van der Waals surface area contributed by atoms with E-state index in [1.165, 1.54) is 18.9 Å². The van der Waals surface area contributed by atoms with E-state index in [0.717, 1.165) is 19.6 Å². The predicted octanol–water partition coefficient (Wildman–Crippen LogP) is 2.51. The molecule has 1 aromatic carbocycles. The Morgan fingerprint density at radius 3 is 2.72 bits per heavy atom. The molecule has 1 aromatic rings. The van der Waals surface area contributed by atoms with E-state index < -0.39 is 5.97 Å². The molecule has 0 unspecified atom stereocenters. The summed E-state index contributed by atoms with van der Waals surface area (Å²) < 4.78 is 5.56. The molecule has 0 amide bonds. The van der Waals surface area contributed by atoms with Crippen molar-refractivity contribution in [3.63, 3.8) is 0 Å². The van der Waals surface area contributed by atoms with Gasteiger partial charge in [-0.25, -0.2) is 4.79 Å². The van der Waals surface area contributed by atoms with Crippen molar-refractivity contribution in [3.05, 3.63) is 28.8 Å². The number of likely N-dealkylation sites (tertiary alicyclic amines) is 1. The average molecular weight is 270 g/mol. The Kier molecular flexibility index (Phi) is 4.44. The van der Waals surface area contributed by atoms with Gasteiger partial charge in [-0.3, -0.25) is 4.90 Å². The number of halogens is 1. The Hall–Kier alpha value is -1.26. The molecule has 1 aliphatic rings. The van der Waals surface area contributed by atoms with Gasteiger partial charge in [0.1, 0.15) is 12.4 Å². The second kappa shape index (κ2) is 6.07. The maximum absolute atomic E-state index is 10.8. The molecule has 0 spiro atoms. The third-order valence-electron chi connectivity index (χ3n) is 3.05. The molecular weight excluding hydrogens is 254 g/mol. The van der Waals surface area contributed by atoms with Crippen molar-refractivity contribution in [2.24, 2.45) is 0 Å². The van der Waals surface area contributed by atoms with E-state index in [2.05, 4.69) is 4.90 Å². The van der Waals surface area contributed by atoms with Crippen LogP contribution in [0.3, 0.4) is 0 Å². The van der Waals surface area contributed by atoms with Crippen LogP contribution in [0.4, 0.5) is 0 Å². The Labute approximate surface area is 111 Å². The molecule has 0 bridgehead atoms. The van der Waals surface area contributed by atoms with E-state index in [0.29, 0.717) is 12.4 Å². The third kappa shape index (κ3) is 3.37. The lowest BCUT2D eigenvalue weighted by Gasteiger charge is -2.15. The van der Waals surface area contributed by atoms with Crippen LogP contribution in [-0.4, -0.2) is 42.2 Å². The first-order chi connectivity index (χ1) is 8.66. The molecule has 0 aromatic heterocycles. The molecule has 1 heterocycles. The molecule has 1 saturated heterocycles. The maximum Gasteiger partial charge on any atom is 0.337 e. The molecule has 98 valence electrons. The molecule has 1 N–H and O–H groups in total. The summed E-state index contributed by atoms with van der Waals surface area (Å²) in [5, 5.41) is 9.05. The van der Waals surface area contributed by atoms with Crippen molar-refractivity contribution in [1.82, 2.24) is 4.90 Å². The van der Waals surface area contributed by atoms with Crippen LogP contribution in [0, 0.1) is 0 Å². The monoisotopic (exact) mass is 269 g/mol. The minimum Gasteiger partial charge on any atom is -0.492 e. The SMILES string of the molecule is O=C(O)c1ccc(OCCN2CCCC2)cc1Cl. The fourth-order valence-corrected chi connectivity index (χ4v) is 2.31. The molecule has 1 aliphatic heterocycles. The van der Waals surface area contributed by atoms with Gasteiger partial charge in [-0.15, -0.1) is 0 Å². The molecule has 0 aliphatic carbocycles. The number of carboxylic acid groups (broad SMARTS) is 1. The summed E-state index contributed by atoms with van der Waals surface area (Å²) in [7, 11) is 0. The summed E-state index contributed by atoms with van der Waals surface area (Å²) in [5.74, 6) is -0.409. The van der Waals surface area contributed by atoms with Crippen molar-refractivity contribution in [1.29, 1.82) is 0 Å². The van der Waals surface area contributed by atoms with Gasteiger partial charge in [-0.1, -0.05) is 11.6 Å². The van der Waals surface area contributed by atoms with Crippen molar-refractivity contribution in [3.8, 4) is 5.75 Å². The first-order valence-electron chi connectivity index (χ1n) is 6.05. The highest BCUT2D eigenvalue weighted by molar-refractivity contribution is 6.33. The highest BCUT2D eigenvalue weighted by Crippen LogP contribution is 2.22.